The van der Waals surface area contributed by atoms with Crippen LogP contribution in [0.2, 0.25) is 0 Å². The van der Waals surface area contributed by atoms with Crippen LogP contribution in [0, 0.1) is 10.1 Å². The van der Waals surface area contributed by atoms with Crippen LogP contribution >= 0.6 is 0 Å². The number of benzene rings is 1. The van der Waals surface area contributed by atoms with Gasteiger partial charge in [-0.1, -0.05) is 30.3 Å². The van der Waals surface area contributed by atoms with Gasteiger partial charge < -0.3 is 0 Å². The van der Waals surface area contributed by atoms with Crippen LogP contribution in [0.4, 0.5) is 0 Å². The largest absolute Gasteiger partial charge is 0.289 e. The van der Waals surface area contributed by atoms with Crippen molar-refractivity contribution in [1.82, 2.24) is 0 Å². The van der Waals surface area contributed by atoms with Crippen LogP contribution < -0.4 is 5.73 Å². The van der Waals surface area contributed by atoms with Crippen LogP contribution in [-0.4, -0.2) is 4.92 Å². The molecule has 0 amide bonds. The summed E-state index contributed by atoms with van der Waals surface area (Å²) < 4.78 is 0. The maximum Gasteiger partial charge on any atom is 0.289 e. The lowest BCUT2D eigenvalue weighted by Crippen LogP contribution is -2.19. The Bertz CT molecular complexity index is 248. The predicted octanol–water partition coefficient (Wildman–Crippen LogP) is 0.921. The van der Waals surface area contributed by atoms with Gasteiger partial charge in [0.1, 0.15) is 0 Å². The molecule has 0 saturated carbocycles. The molecule has 58 valence electrons. The molecule has 1 aromatic rings. The zero-order valence-corrected chi connectivity index (χ0v) is 5.81. The molecule has 0 bridgehead atoms. The second-order valence-electron chi connectivity index (χ2n) is 2.14. The van der Waals surface area contributed by atoms with Crippen molar-refractivity contribution in [3.63, 3.8) is 0 Å². The third-order valence-corrected chi connectivity index (χ3v) is 1.37. The van der Waals surface area contributed by atoms with Gasteiger partial charge in [0.15, 0.2) is 0 Å². The summed E-state index contributed by atoms with van der Waals surface area (Å²) in [5.74, 6) is 0. The predicted molar refractivity (Wildman–Crippen MR) is 40.4 cm³/mol. The van der Waals surface area contributed by atoms with E-state index in [1.807, 2.05) is 0 Å². The molecule has 0 radical (unpaired) electrons. The zero-order valence-electron chi connectivity index (χ0n) is 5.81. The van der Waals surface area contributed by atoms with E-state index in [4.69, 9.17) is 5.73 Å². The van der Waals surface area contributed by atoms with E-state index in [0.717, 1.165) is 0 Å². The van der Waals surface area contributed by atoms with Crippen molar-refractivity contribution in [2.24, 2.45) is 5.73 Å². The van der Waals surface area contributed by atoms with Crippen molar-refractivity contribution in [2.75, 3.05) is 0 Å². The third-order valence-electron chi connectivity index (χ3n) is 1.37. The first-order valence-corrected chi connectivity index (χ1v) is 3.16. The van der Waals surface area contributed by atoms with E-state index >= 15 is 0 Å². The van der Waals surface area contributed by atoms with Gasteiger partial charge in [-0.3, -0.25) is 15.8 Å². The minimum atomic E-state index is -1.10. The van der Waals surface area contributed by atoms with Crippen molar-refractivity contribution in [3.05, 3.63) is 46.0 Å². The topological polar surface area (TPSA) is 69.2 Å². The van der Waals surface area contributed by atoms with Crippen molar-refractivity contribution in [2.45, 2.75) is 6.17 Å². The van der Waals surface area contributed by atoms with Gasteiger partial charge >= 0.3 is 0 Å². The molecule has 1 atom stereocenters. The Hall–Kier alpha value is -1.42. The summed E-state index contributed by atoms with van der Waals surface area (Å²) in [5.41, 5.74) is 5.76. The number of nitrogens with two attached hydrogens (primary N) is 1. The summed E-state index contributed by atoms with van der Waals surface area (Å²) in [5, 5.41) is 10.2. The zero-order chi connectivity index (χ0) is 8.27. The van der Waals surface area contributed by atoms with Crippen LogP contribution in [0.1, 0.15) is 11.7 Å². The average Bonchev–Trinajstić information content (AvgIpc) is 2.05. The highest BCUT2D eigenvalue weighted by atomic mass is 16.6. The molecule has 0 heterocycles. The standard InChI is InChI=1S/C7H8N2O2/c8-7(9(10)11)6-4-2-1-3-5-6/h1-5,7H,8H2. The Kier molecular flexibility index (Phi) is 2.18. The van der Waals surface area contributed by atoms with Gasteiger partial charge in [0, 0.05) is 10.5 Å². The Morgan fingerprint density at radius 1 is 1.36 bits per heavy atom. The Labute approximate surface area is 63.8 Å². The third kappa shape index (κ3) is 1.75. The number of hydrogen-bond donors (Lipinski definition) is 1. The first-order chi connectivity index (χ1) is 5.22. The fraction of sp³-hybridized carbons (Fsp3) is 0.143. The lowest BCUT2D eigenvalue weighted by molar-refractivity contribution is -0.527. The summed E-state index contributed by atoms with van der Waals surface area (Å²) >= 11 is 0. The smallest absolute Gasteiger partial charge is 0.264 e. The number of rotatable bonds is 2. The van der Waals surface area contributed by atoms with Gasteiger partial charge in [0.2, 0.25) is 0 Å². The fourth-order valence-corrected chi connectivity index (χ4v) is 0.772. The fourth-order valence-electron chi connectivity index (χ4n) is 0.772. The van der Waals surface area contributed by atoms with E-state index in [-0.39, 0.29) is 0 Å². The number of nitro groups is 1. The normalized spacial score (nSPS) is 12.5. The maximum atomic E-state index is 10.2. The highest BCUT2D eigenvalue weighted by molar-refractivity contribution is 5.16. The summed E-state index contributed by atoms with van der Waals surface area (Å²) in [4.78, 5) is 9.66. The van der Waals surface area contributed by atoms with E-state index in [0.29, 0.717) is 5.56 Å². The minimum absolute atomic E-state index is 0.519. The van der Waals surface area contributed by atoms with Gasteiger partial charge in [-0.2, -0.15) is 0 Å². The Balaban J connectivity index is 2.85. The maximum absolute atomic E-state index is 10.2. The minimum Gasteiger partial charge on any atom is -0.264 e. The summed E-state index contributed by atoms with van der Waals surface area (Å²) in [7, 11) is 0. The molecule has 0 aromatic heterocycles. The van der Waals surface area contributed by atoms with Gasteiger partial charge in [-0.15, -0.1) is 0 Å². The molecule has 0 aliphatic heterocycles. The molecule has 0 saturated heterocycles. The monoisotopic (exact) mass is 152 g/mol. The van der Waals surface area contributed by atoms with Crippen LogP contribution in [0.15, 0.2) is 30.3 Å². The molecular weight excluding hydrogens is 144 g/mol. The summed E-state index contributed by atoms with van der Waals surface area (Å²) in [6.45, 7) is 0. The first-order valence-electron chi connectivity index (χ1n) is 3.16. The quantitative estimate of drug-likeness (QED) is 0.389. The molecule has 0 fully saturated rings. The second kappa shape index (κ2) is 3.12. The van der Waals surface area contributed by atoms with Gasteiger partial charge in [-0.05, 0) is 0 Å². The van der Waals surface area contributed by atoms with E-state index in [1.54, 1.807) is 30.3 Å². The lowest BCUT2D eigenvalue weighted by atomic mass is 10.2. The van der Waals surface area contributed by atoms with Crippen LogP contribution in [-0.2, 0) is 0 Å². The molecule has 0 aliphatic rings. The Morgan fingerprint density at radius 3 is 2.36 bits per heavy atom. The highest BCUT2D eigenvalue weighted by Gasteiger charge is 2.14. The molecule has 0 spiro atoms. The SMILES string of the molecule is NC(c1ccccc1)[N+](=O)[O-]. The molecule has 2 N–H and O–H groups in total. The van der Waals surface area contributed by atoms with Gasteiger partial charge in [-0.25, -0.2) is 0 Å². The van der Waals surface area contributed by atoms with Crippen molar-refractivity contribution in [1.29, 1.82) is 0 Å². The van der Waals surface area contributed by atoms with Crippen molar-refractivity contribution < 1.29 is 4.92 Å². The molecule has 1 aromatic carbocycles. The lowest BCUT2D eigenvalue weighted by Gasteiger charge is -2.01. The molecular formula is C7H8N2O2. The molecule has 1 rings (SSSR count). The summed E-state index contributed by atoms with van der Waals surface area (Å²) in [6, 6.07) is 8.49. The Morgan fingerprint density at radius 2 is 1.91 bits per heavy atom. The van der Waals surface area contributed by atoms with Crippen LogP contribution in [0.5, 0.6) is 0 Å². The van der Waals surface area contributed by atoms with E-state index < -0.39 is 11.1 Å². The molecule has 11 heavy (non-hydrogen) atoms. The first kappa shape index (κ1) is 7.68. The van der Waals surface area contributed by atoms with Crippen LogP contribution in [0.25, 0.3) is 0 Å². The molecule has 1 unspecified atom stereocenters. The van der Waals surface area contributed by atoms with E-state index in [1.165, 1.54) is 0 Å². The van der Waals surface area contributed by atoms with Gasteiger partial charge in [0.25, 0.3) is 6.17 Å². The number of nitrogens with zero attached hydrogens (tertiary/aromatic N) is 1. The molecule has 0 aliphatic carbocycles. The van der Waals surface area contributed by atoms with Crippen LogP contribution in [0.3, 0.4) is 0 Å². The van der Waals surface area contributed by atoms with E-state index in [2.05, 4.69) is 0 Å². The van der Waals surface area contributed by atoms with Gasteiger partial charge in [0.05, 0.1) is 0 Å². The van der Waals surface area contributed by atoms with Crippen molar-refractivity contribution >= 4 is 0 Å². The molecule has 4 heteroatoms. The number of hydrogen-bond acceptors (Lipinski definition) is 3. The summed E-state index contributed by atoms with van der Waals surface area (Å²) in [6.07, 6.45) is -1.10. The molecule has 4 nitrogen and oxygen atoms in total. The average molecular weight is 152 g/mol. The second-order valence-corrected chi connectivity index (χ2v) is 2.14. The van der Waals surface area contributed by atoms with Crippen molar-refractivity contribution in [3.8, 4) is 0 Å². The van der Waals surface area contributed by atoms with E-state index in [9.17, 15) is 10.1 Å². The highest BCUT2D eigenvalue weighted by Crippen LogP contribution is 2.08.